The van der Waals surface area contributed by atoms with Crippen LogP contribution in [0.15, 0.2) is 64.8 Å². The molecule has 0 aliphatic rings. The average molecular weight is 471 g/mol. The monoisotopic (exact) mass is 469 g/mol. The molecule has 0 saturated carbocycles. The van der Waals surface area contributed by atoms with Gasteiger partial charge in [0, 0.05) is 11.1 Å². The minimum atomic E-state index is -1.94. The molecule has 0 fully saturated rings. The van der Waals surface area contributed by atoms with Gasteiger partial charge in [0.1, 0.15) is 0 Å². The third-order valence-electron chi connectivity index (χ3n) is 3.72. The molecule has 3 amide bonds. The van der Waals surface area contributed by atoms with Crippen LogP contribution >= 0.6 is 34.8 Å². The number of hydrogen-bond donors (Lipinski definition) is 3. The first-order valence-electron chi connectivity index (χ1n) is 8.97. The summed E-state index contributed by atoms with van der Waals surface area (Å²) in [6.45, 7) is 5.11. The van der Waals surface area contributed by atoms with Gasteiger partial charge in [-0.05, 0) is 36.4 Å². The molecule has 10 heteroatoms. The lowest BCUT2D eigenvalue weighted by Crippen LogP contribution is -2.58. The molecule has 30 heavy (non-hydrogen) atoms. The van der Waals surface area contributed by atoms with Crippen molar-refractivity contribution >= 4 is 63.8 Å². The van der Waals surface area contributed by atoms with Gasteiger partial charge in [-0.1, -0.05) is 73.8 Å². The summed E-state index contributed by atoms with van der Waals surface area (Å²) in [7, 11) is 0. The molecule has 0 heterocycles. The van der Waals surface area contributed by atoms with Gasteiger partial charge in [-0.25, -0.2) is 4.79 Å². The molecule has 0 saturated heterocycles. The van der Waals surface area contributed by atoms with Gasteiger partial charge in [0.15, 0.2) is 6.17 Å². The average Bonchev–Trinajstić information content (AvgIpc) is 2.66. The second kappa shape index (κ2) is 10.1. The zero-order chi connectivity index (χ0) is 22.4. The van der Waals surface area contributed by atoms with Crippen molar-refractivity contribution in [3.63, 3.8) is 0 Å². The predicted octanol–water partition coefficient (Wildman–Crippen LogP) is 6.08. The number of benzene rings is 2. The number of halogens is 3. The summed E-state index contributed by atoms with van der Waals surface area (Å²) in [5.74, 6) is -0.382. The highest BCUT2D eigenvalue weighted by Crippen LogP contribution is 2.30. The Balaban J connectivity index is 1.98. The van der Waals surface area contributed by atoms with E-state index in [2.05, 4.69) is 26.2 Å². The largest absolute Gasteiger partial charge is 0.332 e. The maximum absolute atomic E-state index is 12.3. The molecule has 2 aromatic rings. The van der Waals surface area contributed by atoms with Crippen LogP contribution in [-0.2, 0) is 4.79 Å². The van der Waals surface area contributed by atoms with Crippen LogP contribution in [0.2, 0.25) is 0 Å². The Morgan fingerprint density at radius 3 is 1.87 bits per heavy atom. The fourth-order valence-electron chi connectivity index (χ4n) is 2.07. The van der Waals surface area contributed by atoms with E-state index in [4.69, 9.17) is 34.8 Å². The van der Waals surface area contributed by atoms with E-state index in [9.17, 15) is 9.59 Å². The lowest BCUT2D eigenvalue weighted by molar-refractivity contribution is -0.129. The number of carbonyl (C=O) groups excluding carboxylic acids is 2. The fourth-order valence-corrected chi connectivity index (χ4v) is 2.39. The molecule has 0 aliphatic heterocycles. The maximum Gasteiger partial charge on any atom is 0.320 e. The number of azo groups is 1. The van der Waals surface area contributed by atoms with Gasteiger partial charge in [-0.3, -0.25) is 4.79 Å². The lowest BCUT2D eigenvalue weighted by atomic mass is 9.95. The van der Waals surface area contributed by atoms with E-state index in [-0.39, 0.29) is 5.91 Å². The zero-order valence-corrected chi connectivity index (χ0v) is 18.9. The van der Waals surface area contributed by atoms with Crippen LogP contribution in [0.25, 0.3) is 0 Å². The molecule has 160 valence electrons. The van der Waals surface area contributed by atoms with Gasteiger partial charge < -0.3 is 16.0 Å². The quantitative estimate of drug-likeness (QED) is 0.280. The van der Waals surface area contributed by atoms with Crippen molar-refractivity contribution in [2.24, 2.45) is 15.6 Å². The van der Waals surface area contributed by atoms with Crippen LogP contribution in [0.4, 0.5) is 21.9 Å². The molecule has 3 N–H and O–H groups in total. The fraction of sp³-hybridized carbons (Fsp3) is 0.300. The third-order valence-corrected chi connectivity index (χ3v) is 4.38. The maximum atomic E-state index is 12.3. The zero-order valence-electron chi connectivity index (χ0n) is 16.6. The molecule has 0 aliphatic carbocycles. The number of rotatable bonds is 5. The van der Waals surface area contributed by atoms with Crippen molar-refractivity contribution in [2.75, 3.05) is 5.32 Å². The van der Waals surface area contributed by atoms with E-state index in [1.165, 1.54) is 0 Å². The number of nitrogens with one attached hydrogen (secondary N) is 3. The van der Waals surface area contributed by atoms with Gasteiger partial charge in [0.05, 0.1) is 11.4 Å². The minimum Gasteiger partial charge on any atom is -0.332 e. The number of alkyl halides is 3. The molecule has 1 unspecified atom stereocenters. The number of amides is 3. The smallest absolute Gasteiger partial charge is 0.320 e. The first kappa shape index (κ1) is 23.9. The van der Waals surface area contributed by atoms with Gasteiger partial charge in [-0.2, -0.15) is 10.2 Å². The minimum absolute atomic E-state index is 0.382. The first-order valence-corrected chi connectivity index (χ1v) is 10.1. The van der Waals surface area contributed by atoms with Crippen LogP contribution in [0, 0.1) is 5.41 Å². The highest BCUT2D eigenvalue weighted by Gasteiger charge is 2.37. The van der Waals surface area contributed by atoms with Crippen molar-refractivity contribution in [1.29, 1.82) is 0 Å². The van der Waals surface area contributed by atoms with Crippen LogP contribution in [-0.4, -0.2) is 21.9 Å². The predicted molar refractivity (Wildman–Crippen MR) is 121 cm³/mol. The number of carbonyl (C=O) groups is 2. The number of nitrogens with zero attached hydrogens (tertiary/aromatic N) is 2. The topological polar surface area (TPSA) is 95.0 Å². The normalized spacial score (nSPS) is 13.0. The van der Waals surface area contributed by atoms with E-state index in [0.717, 1.165) is 5.69 Å². The van der Waals surface area contributed by atoms with Gasteiger partial charge in [0.25, 0.3) is 0 Å². The van der Waals surface area contributed by atoms with Crippen LogP contribution in [0.3, 0.4) is 0 Å². The SMILES string of the molecule is CC(C)(C)C(=O)NC(NC(=O)Nc1ccc(N=Nc2ccccc2)cc1)C(Cl)(Cl)Cl. The summed E-state index contributed by atoms with van der Waals surface area (Å²) < 4.78 is -1.94. The molecule has 0 aromatic heterocycles. The summed E-state index contributed by atoms with van der Waals surface area (Å²) >= 11 is 17.7. The molecule has 0 radical (unpaired) electrons. The second-order valence-electron chi connectivity index (χ2n) is 7.38. The lowest BCUT2D eigenvalue weighted by Gasteiger charge is -2.29. The Kier molecular flexibility index (Phi) is 8.06. The molecular formula is C20H22Cl3N5O2. The standard InChI is InChI=1S/C20H22Cl3N5O2/c1-19(2,3)17(29)25-16(20(21,22)23)26-18(30)24-13-9-11-15(12-10-13)28-27-14-7-5-4-6-8-14/h4-12,16H,1-3H3,(H,25,29)(H2,24,26,30). The molecule has 0 bridgehead atoms. The number of anilines is 1. The van der Waals surface area contributed by atoms with E-state index in [0.29, 0.717) is 11.4 Å². The highest BCUT2D eigenvalue weighted by atomic mass is 35.6. The van der Waals surface area contributed by atoms with Crippen molar-refractivity contribution < 1.29 is 9.59 Å². The van der Waals surface area contributed by atoms with E-state index < -0.39 is 21.4 Å². The summed E-state index contributed by atoms with van der Waals surface area (Å²) in [4.78, 5) is 24.5. The Hall–Kier alpha value is -2.35. The van der Waals surface area contributed by atoms with Crippen molar-refractivity contribution in [1.82, 2.24) is 10.6 Å². The van der Waals surface area contributed by atoms with Crippen molar-refractivity contribution in [2.45, 2.75) is 30.7 Å². The van der Waals surface area contributed by atoms with Crippen molar-refractivity contribution in [3.05, 3.63) is 54.6 Å². The van der Waals surface area contributed by atoms with Gasteiger partial charge >= 0.3 is 6.03 Å². The molecule has 0 spiro atoms. The Morgan fingerprint density at radius 1 is 0.833 bits per heavy atom. The summed E-state index contributed by atoms with van der Waals surface area (Å²) in [6, 6.07) is 15.3. The van der Waals surface area contributed by atoms with Crippen LogP contribution < -0.4 is 16.0 Å². The van der Waals surface area contributed by atoms with E-state index in [1.807, 2.05) is 30.3 Å². The second-order valence-corrected chi connectivity index (χ2v) is 9.75. The molecule has 2 rings (SSSR count). The Bertz CT molecular complexity index is 891. The van der Waals surface area contributed by atoms with E-state index in [1.54, 1.807) is 45.0 Å². The molecule has 1 atom stereocenters. The van der Waals surface area contributed by atoms with Gasteiger partial charge in [0.2, 0.25) is 9.70 Å². The van der Waals surface area contributed by atoms with Crippen molar-refractivity contribution in [3.8, 4) is 0 Å². The number of urea groups is 1. The molecule has 2 aromatic carbocycles. The summed E-state index contributed by atoms with van der Waals surface area (Å²) in [5, 5.41) is 15.8. The number of hydrogen-bond acceptors (Lipinski definition) is 4. The summed E-state index contributed by atoms with van der Waals surface area (Å²) in [6.07, 6.45) is -1.23. The van der Waals surface area contributed by atoms with Gasteiger partial charge in [-0.15, -0.1) is 0 Å². The summed E-state index contributed by atoms with van der Waals surface area (Å²) in [5.41, 5.74) is 1.10. The van der Waals surface area contributed by atoms with Crippen LogP contribution in [0.5, 0.6) is 0 Å². The molecular weight excluding hydrogens is 449 g/mol. The Morgan fingerprint density at radius 2 is 1.37 bits per heavy atom. The Labute approximate surface area is 190 Å². The molecule has 7 nitrogen and oxygen atoms in total. The highest BCUT2D eigenvalue weighted by molar-refractivity contribution is 6.68. The third kappa shape index (κ3) is 7.82. The first-order chi connectivity index (χ1) is 13.9. The van der Waals surface area contributed by atoms with Crippen LogP contribution in [0.1, 0.15) is 20.8 Å². The van der Waals surface area contributed by atoms with E-state index >= 15 is 0 Å².